The third-order valence-electron chi connectivity index (χ3n) is 4.33. The molecule has 0 atom stereocenters. The van der Waals surface area contributed by atoms with Crippen LogP contribution in [-0.4, -0.2) is 23.5 Å². The Balaban J connectivity index is 2.17. The lowest BCUT2D eigenvalue weighted by Crippen LogP contribution is -2.12. The van der Waals surface area contributed by atoms with E-state index in [4.69, 9.17) is 13.7 Å². The molecule has 164 valence electrons. The highest BCUT2D eigenvalue weighted by Crippen LogP contribution is 2.69. The summed E-state index contributed by atoms with van der Waals surface area (Å²) < 4.78 is 17.3. The summed E-state index contributed by atoms with van der Waals surface area (Å²) in [6, 6.07) is 24.4. The molecule has 0 spiro atoms. The second-order valence-corrected chi connectivity index (χ2v) is 10.2. The van der Waals surface area contributed by atoms with Crippen molar-refractivity contribution in [1.29, 1.82) is 0 Å². The molecule has 0 saturated heterocycles. The van der Waals surface area contributed by atoms with Crippen molar-refractivity contribution in [3.8, 4) is 11.5 Å². The number of hydrogen-bond acceptors (Lipinski definition) is 4. The van der Waals surface area contributed by atoms with Gasteiger partial charge in [-0.15, -0.1) is 0 Å². The lowest BCUT2D eigenvalue weighted by atomic mass is 10.3. The van der Waals surface area contributed by atoms with E-state index in [-0.39, 0.29) is 12.2 Å². The maximum Gasteiger partial charge on any atom is 0.517 e. The molecule has 0 aliphatic heterocycles. The first-order valence-electron chi connectivity index (χ1n) is 10.2. The number of hydrogen-bond donors (Lipinski definition) is 1. The van der Waals surface area contributed by atoms with Crippen molar-refractivity contribution in [2.75, 3.05) is 0 Å². The highest BCUT2D eigenvalue weighted by atomic mass is 32.3. The SMILES string of the molecule is CC(C)Oc1ccc(S(OC(=O)O)(c2ccccc2)c2ccc(OC(C)C)cc2)cc1. The van der Waals surface area contributed by atoms with E-state index in [2.05, 4.69) is 0 Å². The number of carboxylic acid groups (broad SMARTS) is 1. The molecule has 0 bridgehead atoms. The number of rotatable bonds is 8. The predicted octanol–water partition coefficient (Wildman–Crippen LogP) is 7.15. The fraction of sp³-hybridized carbons (Fsp3) is 0.240. The minimum Gasteiger partial charge on any atom is -0.491 e. The maximum absolute atomic E-state index is 11.9. The van der Waals surface area contributed by atoms with Gasteiger partial charge in [0.15, 0.2) is 0 Å². The van der Waals surface area contributed by atoms with Gasteiger partial charge in [-0.3, -0.25) is 0 Å². The standard InChI is InChI=1S/C25H28O5S/c1-18(2)28-20-10-14-23(15-11-20)31(30-25(26)27,22-8-6-5-7-9-22)24-16-12-21(13-17-24)29-19(3)4/h5-19H,1-4H3,(H,26,27). The molecule has 0 radical (unpaired) electrons. The molecule has 0 unspecified atom stereocenters. The summed E-state index contributed by atoms with van der Waals surface area (Å²) in [4.78, 5) is 14.2. The molecule has 0 aliphatic carbocycles. The van der Waals surface area contributed by atoms with E-state index in [9.17, 15) is 9.90 Å². The third-order valence-corrected chi connectivity index (χ3v) is 7.53. The summed E-state index contributed by atoms with van der Waals surface area (Å²) in [5.74, 6) is 1.44. The highest BCUT2D eigenvalue weighted by Gasteiger charge is 2.36. The molecule has 0 fully saturated rings. The van der Waals surface area contributed by atoms with Gasteiger partial charge in [0.2, 0.25) is 0 Å². The fourth-order valence-corrected chi connectivity index (χ4v) is 6.13. The normalized spacial score (nSPS) is 11.9. The van der Waals surface area contributed by atoms with Gasteiger partial charge in [0, 0.05) is 14.7 Å². The Morgan fingerprint density at radius 1 is 0.677 bits per heavy atom. The summed E-state index contributed by atoms with van der Waals surface area (Å²) in [6.45, 7) is 7.84. The smallest absolute Gasteiger partial charge is 0.491 e. The van der Waals surface area contributed by atoms with Gasteiger partial charge in [-0.1, -0.05) is 18.2 Å². The molecule has 3 aromatic carbocycles. The van der Waals surface area contributed by atoms with E-state index in [1.807, 2.05) is 107 Å². The summed E-state index contributed by atoms with van der Waals surface area (Å²) in [5.41, 5.74) is 0. The molecule has 0 saturated carbocycles. The second-order valence-electron chi connectivity index (χ2n) is 7.49. The van der Waals surface area contributed by atoms with Crippen molar-refractivity contribution < 1.29 is 23.6 Å². The van der Waals surface area contributed by atoms with Crippen LogP contribution in [0.4, 0.5) is 4.79 Å². The monoisotopic (exact) mass is 440 g/mol. The molecule has 1 N–H and O–H groups in total. The van der Waals surface area contributed by atoms with E-state index in [1.165, 1.54) is 0 Å². The summed E-state index contributed by atoms with van der Waals surface area (Å²) >= 11 is 0. The van der Waals surface area contributed by atoms with Crippen LogP contribution in [-0.2, 0) is 4.18 Å². The minimum absolute atomic E-state index is 0.0425. The lowest BCUT2D eigenvalue weighted by molar-refractivity contribution is 0.150. The number of benzene rings is 3. The van der Waals surface area contributed by atoms with E-state index in [0.717, 1.165) is 26.2 Å². The average Bonchev–Trinajstić information content (AvgIpc) is 2.73. The van der Waals surface area contributed by atoms with Gasteiger partial charge in [-0.25, -0.2) is 4.79 Å². The first-order valence-corrected chi connectivity index (χ1v) is 11.7. The van der Waals surface area contributed by atoms with Crippen LogP contribution < -0.4 is 9.47 Å². The van der Waals surface area contributed by atoms with Crippen molar-refractivity contribution in [1.82, 2.24) is 0 Å². The van der Waals surface area contributed by atoms with Crippen molar-refractivity contribution in [3.05, 3.63) is 78.9 Å². The number of carbonyl (C=O) groups is 1. The Hall–Kier alpha value is -3.12. The van der Waals surface area contributed by atoms with Crippen molar-refractivity contribution >= 4 is 16.5 Å². The Morgan fingerprint density at radius 3 is 1.42 bits per heavy atom. The van der Waals surface area contributed by atoms with Crippen LogP contribution in [0.1, 0.15) is 27.7 Å². The van der Waals surface area contributed by atoms with Crippen LogP contribution in [0.3, 0.4) is 0 Å². The molecule has 31 heavy (non-hydrogen) atoms. The van der Waals surface area contributed by atoms with Crippen molar-refractivity contribution in [2.24, 2.45) is 0 Å². The zero-order valence-electron chi connectivity index (χ0n) is 18.1. The van der Waals surface area contributed by atoms with Crippen LogP contribution >= 0.6 is 10.3 Å². The molecular formula is C25H28O5S. The summed E-state index contributed by atoms with van der Waals surface area (Å²) in [6.07, 6.45) is -1.24. The molecule has 0 amide bonds. The second kappa shape index (κ2) is 9.79. The summed E-state index contributed by atoms with van der Waals surface area (Å²) in [5, 5.41) is 9.73. The van der Waals surface area contributed by atoms with Crippen LogP contribution in [0.2, 0.25) is 0 Å². The highest BCUT2D eigenvalue weighted by molar-refractivity contribution is 8.30. The fourth-order valence-electron chi connectivity index (χ4n) is 3.24. The van der Waals surface area contributed by atoms with Gasteiger partial charge < -0.3 is 18.8 Å². The quantitative estimate of drug-likeness (QED) is 0.403. The molecule has 0 aliphatic rings. The van der Waals surface area contributed by atoms with Gasteiger partial charge in [0.25, 0.3) is 0 Å². The van der Waals surface area contributed by atoms with Crippen LogP contribution in [0, 0.1) is 0 Å². The molecule has 0 aromatic heterocycles. The van der Waals surface area contributed by atoms with Gasteiger partial charge >= 0.3 is 6.16 Å². The molecule has 3 aromatic rings. The third kappa shape index (κ3) is 5.33. The van der Waals surface area contributed by atoms with Gasteiger partial charge in [-0.2, -0.15) is 0 Å². The molecule has 0 heterocycles. The van der Waals surface area contributed by atoms with Crippen molar-refractivity contribution in [3.63, 3.8) is 0 Å². The van der Waals surface area contributed by atoms with Gasteiger partial charge in [0.05, 0.1) is 12.2 Å². The lowest BCUT2D eigenvalue weighted by Gasteiger charge is -2.38. The largest absolute Gasteiger partial charge is 0.517 e. The topological polar surface area (TPSA) is 65.0 Å². The van der Waals surface area contributed by atoms with E-state index in [0.29, 0.717) is 0 Å². The van der Waals surface area contributed by atoms with Crippen LogP contribution in [0.5, 0.6) is 11.5 Å². The van der Waals surface area contributed by atoms with E-state index < -0.39 is 16.5 Å². The van der Waals surface area contributed by atoms with Gasteiger partial charge in [-0.05, 0) is 98.7 Å². The minimum atomic E-state index is -2.53. The van der Waals surface area contributed by atoms with Crippen LogP contribution in [0.25, 0.3) is 0 Å². The first-order chi connectivity index (χ1) is 14.8. The molecule has 6 heteroatoms. The van der Waals surface area contributed by atoms with Crippen molar-refractivity contribution in [2.45, 2.75) is 54.6 Å². The predicted molar refractivity (Wildman–Crippen MR) is 122 cm³/mol. The zero-order valence-corrected chi connectivity index (χ0v) is 19.0. The average molecular weight is 441 g/mol. The van der Waals surface area contributed by atoms with E-state index >= 15 is 0 Å². The zero-order chi connectivity index (χ0) is 22.4. The Morgan fingerprint density at radius 2 is 1.06 bits per heavy atom. The van der Waals surface area contributed by atoms with Crippen LogP contribution in [0.15, 0.2) is 93.5 Å². The Bertz CT molecular complexity index is 929. The first kappa shape index (κ1) is 22.6. The Kier molecular flexibility index (Phi) is 7.13. The Labute approximate surface area is 185 Å². The maximum atomic E-state index is 11.9. The molecule has 3 rings (SSSR count). The van der Waals surface area contributed by atoms with E-state index in [1.54, 1.807) is 0 Å². The molecule has 5 nitrogen and oxygen atoms in total. The summed E-state index contributed by atoms with van der Waals surface area (Å²) in [7, 11) is -2.53. The number of ether oxygens (including phenoxy) is 2. The molecular weight excluding hydrogens is 412 g/mol. The van der Waals surface area contributed by atoms with Gasteiger partial charge in [0.1, 0.15) is 11.5 Å².